The van der Waals surface area contributed by atoms with Crippen LogP contribution in [0, 0.1) is 0 Å². The van der Waals surface area contributed by atoms with Gasteiger partial charge < -0.3 is 9.13 Å². The molecule has 9 rings (SSSR count). The molecule has 0 fully saturated rings. The van der Waals surface area contributed by atoms with Crippen molar-refractivity contribution in [1.29, 1.82) is 0 Å². The van der Waals surface area contributed by atoms with E-state index in [1.54, 1.807) is 0 Å². The van der Waals surface area contributed by atoms with Crippen LogP contribution in [0.2, 0.25) is 0 Å². The van der Waals surface area contributed by atoms with Crippen LogP contribution in [0.15, 0.2) is 146 Å². The van der Waals surface area contributed by atoms with Gasteiger partial charge in [-0.2, -0.15) is 0 Å². The molecule has 0 atom stereocenters. The average molecular weight is 509 g/mol. The van der Waals surface area contributed by atoms with Gasteiger partial charge in [0, 0.05) is 32.9 Å². The fraction of sp³-hybridized carbons (Fsp3) is 0. The van der Waals surface area contributed by atoms with Gasteiger partial charge in [0.1, 0.15) is 0 Å². The Morgan fingerprint density at radius 3 is 1.65 bits per heavy atom. The van der Waals surface area contributed by atoms with E-state index in [1.807, 2.05) is 0 Å². The first kappa shape index (κ1) is 21.6. The zero-order valence-corrected chi connectivity index (χ0v) is 21.8. The Bertz CT molecular complexity index is 2420. The molecule has 0 N–H and O–H groups in total. The van der Waals surface area contributed by atoms with Crippen molar-refractivity contribution in [2.75, 3.05) is 0 Å². The summed E-state index contributed by atoms with van der Waals surface area (Å²) in [5.74, 6) is 0. The quantitative estimate of drug-likeness (QED) is 0.220. The first-order valence-electron chi connectivity index (χ1n) is 13.8. The summed E-state index contributed by atoms with van der Waals surface area (Å²) in [5, 5.41) is 10.2. The van der Waals surface area contributed by atoms with E-state index in [1.165, 1.54) is 76.5 Å². The number of hydrogen-bond acceptors (Lipinski definition) is 0. The molecule has 0 saturated carbocycles. The Balaban J connectivity index is 1.50. The lowest BCUT2D eigenvalue weighted by atomic mass is 10.0. The fourth-order valence-corrected chi connectivity index (χ4v) is 6.70. The zero-order chi connectivity index (χ0) is 26.2. The first-order valence-corrected chi connectivity index (χ1v) is 13.8. The SMILES string of the molecule is c1ccc(-n2c3cc4ccccc4cc3c3c4c5ccccc5n(-c5ccc6ccccc6c5)c4ccc32)cc1. The summed E-state index contributed by atoms with van der Waals surface area (Å²) in [5.41, 5.74) is 7.27. The lowest BCUT2D eigenvalue weighted by Gasteiger charge is -2.10. The van der Waals surface area contributed by atoms with Gasteiger partial charge in [0.25, 0.3) is 0 Å². The van der Waals surface area contributed by atoms with Crippen molar-refractivity contribution < 1.29 is 0 Å². The third-order valence-electron chi connectivity index (χ3n) is 8.44. The van der Waals surface area contributed by atoms with E-state index in [0.29, 0.717) is 0 Å². The van der Waals surface area contributed by atoms with Crippen molar-refractivity contribution in [3.63, 3.8) is 0 Å². The van der Waals surface area contributed by atoms with Crippen molar-refractivity contribution in [2.24, 2.45) is 0 Å². The van der Waals surface area contributed by atoms with E-state index < -0.39 is 0 Å². The van der Waals surface area contributed by atoms with Crippen LogP contribution in [0.4, 0.5) is 0 Å². The number of rotatable bonds is 2. The lowest BCUT2D eigenvalue weighted by molar-refractivity contribution is 1.17. The summed E-state index contributed by atoms with van der Waals surface area (Å²) in [7, 11) is 0. The van der Waals surface area contributed by atoms with Gasteiger partial charge in [-0.15, -0.1) is 0 Å². The molecule has 7 aromatic carbocycles. The summed E-state index contributed by atoms with van der Waals surface area (Å²) >= 11 is 0. The number of hydrogen-bond donors (Lipinski definition) is 0. The average Bonchev–Trinajstić information content (AvgIpc) is 3.52. The minimum absolute atomic E-state index is 1.18. The van der Waals surface area contributed by atoms with Crippen LogP contribution < -0.4 is 0 Å². The highest BCUT2D eigenvalue weighted by Gasteiger charge is 2.20. The Hall–Kier alpha value is -5.34. The molecule has 186 valence electrons. The van der Waals surface area contributed by atoms with Gasteiger partial charge in [0.05, 0.1) is 22.1 Å². The van der Waals surface area contributed by atoms with Crippen molar-refractivity contribution in [3.05, 3.63) is 146 Å². The zero-order valence-electron chi connectivity index (χ0n) is 21.8. The van der Waals surface area contributed by atoms with E-state index in [2.05, 4.69) is 155 Å². The molecular weight excluding hydrogens is 484 g/mol. The summed E-state index contributed by atoms with van der Waals surface area (Å²) in [6.45, 7) is 0. The van der Waals surface area contributed by atoms with Gasteiger partial charge in [-0.05, 0) is 76.1 Å². The Labute approximate surface area is 230 Å². The predicted octanol–water partition coefficient (Wildman–Crippen LogP) is 10.2. The molecule has 2 heteroatoms. The normalized spacial score (nSPS) is 12.0. The topological polar surface area (TPSA) is 9.86 Å². The van der Waals surface area contributed by atoms with E-state index in [4.69, 9.17) is 0 Å². The van der Waals surface area contributed by atoms with Crippen LogP contribution >= 0.6 is 0 Å². The molecule has 9 aromatic rings. The molecule has 0 bridgehead atoms. The third-order valence-corrected chi connectivity index (χ3v) is 8.44. The van der Waals surface area contributed by atoms with Crippen LogP contribution in [0.25, 0.3) is 76.5 Å². The Morgan fingerprint density at radius 2 is 0.875 bits per heavy atom. The third kappa shape index (κ3) is 2.93. The minimum Gasteiger partial charge on any atom is -0.309 e. The van der Waals surface area contributed by atoms with Crippen LogP contribution in [0.3, 0.4) is 0 Å². The summed E-state index contributed by atoms with van der Waals surface area (Å²) in [6.07, 6.45) is 0. The monoisotopic (exact) mass is 508 g/mol. The van der Waals surface area contributed by atoms with Gasteiger partial charge in [-0.3, -0.25) is 0 Å². The summed E-state index contributed by atoms with van der Waals surface area (Å²) in [6, 6.07) is 53.0. The standard InChI is InChI=1S/C38H24N2/c1-2-14-29(15-3-1)39-35-21-20-34-37(38(35)32-23-27-12-6-7-13-28(27)24-36(32)39)31-16-8-9-17-33(31)40(34)30-19-18-25-10-4-5-11-26(25)22-30/h1-24H. The van der Waals surface area contributed by atoms with E-state index in [9.17, 15) is 0 Å². The molecule has 0 saturated heterocycles. The molecule has 2 aromatic heterocycles. The predicted molar refractivity (Wildman–Crippen MR) is 170 cm³/mol. The molecule has 0 radical (unpaired) electrons. The van der Waals surface area contributed by atoms with E-state index in [-0.39, 0.29) is 0 Å². The molecule has 0 spiro atoms. The maximum atomic E-state index is 2.43. The Kier molecular flexibility index (Phi) is 4.36. The maximum Gasteiger partial charge on any atom is 0.0548 e. The molecule has 0 aliphatic rings. The summed E-state index contributed by atoms with van der Waals surface area (Å²) in [4.78, 5) is 0. The highest BCUT2D eigenvalue weighted by Crippen LogP contribution is 2.43. The number of para-hydroxylation sites is 2. The molecule has 40 heavy (non-hydrogen) atoms. The number of aromatic nitrogens is 2. The molecule has 0 aliphatic heterocycles. The minimum atomic E-state index is 1.18. The van der Waals surface area contributed by atoms with Gasteiger partial charge in [-0.1, -0.05) is 91.0 Å². The molecule has 0 unspecified atom stereocenters. The molecule has 0 aliphatic carbocycles. The number of fused-ring (bicyclic) bond motifs is 9. The molecule has 0 amide bonds. The van der Waals surface area contributed by atoms with Gasteiger partial charge in [0.15, 0.2) is 0 Å². The molecule has 2 nitrogen and oxygen atoms in total. The van der Waals surface area contributed by atoms with E-state index >= 15 is 0 Å². The van der Waals surface area contributed by atoms with Crippen molar-refractivity contribution in [2.45, 2.75) is 0 Å². The molecular formula is C38H24N2. The van der Waals surface area contributed by atoms with Crippen molar-refractivity contribution in [1.82, 2.24) is 9.13 Å². The summed E-state index contributed by atoms with van der Waals surface area (Å²) < 4.78 is 4.86. The van der Waals surface area contributed by atoms with Crippen LogP contribution in [-0.4, -0.2) is 9.13 Å². The second kappa shape index (κ2) is 8.08. The van der Waals surface area contributed by atoms with Gasteiger partial charge in [-0.25, -0.2) is 0 Å². The second-order valence-electron chi connectivity index (χ2n) is 10.6. The number of benzene rings is 7. The van der Waals surface area contributed by atoms with Gasteiger partial charge in [0.2, 0.25) is 0 Å². The van der Waals surface area contributed by atoms with Crippen molar-refractivity contribution in [3.8, 4) is 11.4 Å². The number of nitrogens with zero attached hydrogens (tertiary/aromatic N) is 2. The smallest absolute Gasteiger partial charge is 0.0548 e. The van der Waals surface area contributed by atoms with Crippen LogP contribution in [0.1, 0.15) is 0 Å². The van der Waals surface area contributed by atoms with Crippen molar-refractivity contribution >= 4 is 65.2 Å². The highest BCUT2D eigenvalue weighted by atomic mass is 15.0. The Morgan fingerprint density at radius 1 is 0.300 bits per heavy atom. The highest BCUT2D eigenvalue weighted by molar-refractivity contribution is 6.29. The first-order chi connectivity index (χ1) is 19.8. The fourth-order valence-electron chi connectivity index (χ4n) is 6.70. The van der Waals surface area contributed by atoms with E-state index in [0.717, 1.165) is 0 Å². The van der Waals surface area contributed by atoms with Crippen LogP contribution in [0.5, 0.6) is 0 Å². The second-order valence-corrected chi connectivity index (χ2v) is 10.6. The molecule has 2 heterocycles. The lowest BCUT2D eigenvalue weighted by Crippen LogP contribution is -1.94. The largest absolute Gasteiger partial charge is 0.309 e. The van der Waals surface area contributed by atoms with Crippen LogP contribution in [-0.2, 0) is 0 Å². The van der Waals surface area contributed by atoms with Gasteiger partial charge >= 0.3 is 0 Å². The maximum absolute atomic E-state index is 2.43.